The third-order valence-electron chi connectivity index (χ3n) is 4.96. The summed E-state index contributed by atoms with van der Waals surface area (Å²) in [5.41, 5.74) is 2.06. The number of hydrogen-bond acceptors (Lipinski definition) is 7. The predicted octanol–water partition coefficient (Wildman–Crippen LogP) is 4.49. The van der Waals surface area contributed by atoms with Crippen molar-refractivity contribution in [1.82, 2.24) is 9.78 Å². The molecule has 0 aliphatic heterocycles. The molecule has 2 heterocycles. The van der Waals surface area contributed by atoms with E-state index in [-0.39, 0.29) is 30.2 Å². The van der Waals surface area contributed by atoms with E-state index in [1.807, 2.05) is 47.8 Å². The van der Waals surface area contributed by atoms with Crippen LogP contribution in [-0.2, 0) is 22.6 Å². The summed E-state index contributed by atoms with van der Waals surface area (Å²) in [7, 11) is 2.96. The molecule has 0 aliphatic rings. The second kappa shape index (κ2) is 10.7. The van der Waals surface area contributed by atoms with Crippen LogP contribution in [-0.4, -0.2) is 35.9 Å². The molecule has 2 aromatic heterocycles. The molecule has 0 saturated carbocycles. The molecule has 0 bridgehead atoms. The van der Waals surface area contributed by atoms with Gasteiger partial charge in [0, 0.05) is 28.8 Å². The van der Waals surface area contributed by atoms with Crippen LogP contribution in [0.25, 0.3) is 5.69 Å². The minimum Gasteiger partial charge on any atom is -0.493 e. The first-order valence-electron chi connectivity index (χ1n) is 10.4. The second-order valence-electron chi connectivity index (χ2n) is 7.26. The summed E-state index contributed by atoms with van der Waals surface area (Å²) in [4.78, 5) is 26.5. The van der Waals surface area contributed by atoms with Gasteiger partial charge in [-0.2, -0.15) is 5.10 Å². The van der Waals surface area contributed by atoms with Crippen LogP contribution in [0.5, 0.6) is 11.5 Å². The number of aromatic nitrogens is 2. The van der Waals surface area contributed by atoms with Gasteiger partial charge in [-0.15, -0.1) is 11.3 Å². The average Bonchev–Trinajstić information content (AvgIpc) is 3.55. The van der Waals surface area contributed by atoms with Crippen LogP contribution in [0.4, 0.5) is 5.69 Å². The molecule has 1 N–H and O–H groups in total. The minimum atomic E-state index is -0.611. The number of ether oxygens (including phenoxy) is 3. The molecule has 0 fully saturated rings. The zero-order valence-electron chi connectivity index (χ0n) is 18.7. The number of nitrogens with zero attached hydrogens (tertiary/aromatic N) is 2. The molecule has 9 heteroatoms. The molecule has 0 saturated heterocycles. The standard InChI is InChI=1S/C25H23N3O5S/c1-31-22-12-20(21(13-23(22)32-2)27-24(29)11-19-9-6-10-34-19)25(30)33-16-17-14-26-28(15-17)18-7-4-3-5-8-18/h3-10,12-15H,11,16H2,1-2H3,(H,27,29). The van der Waals surface area contributed by atoms with Crippen LogP contribution in [0.2, 0.25) is 0 Å². The highest BCUT2D eigenvalue weighted by Gasteiger charge is 2.20. The van der Waals surface area contributed by atoms with Gasteiger partial charge in [-0.3, -0.25) is 4.79 Å². The van der Waals surface area contributed by atoms with Gasteiger partial charge >= 0.3 is 5.97 Å². The molecule has 4 aromatic rings. The van der Waals surface area contributed by atoms with E-state index in [2.05, 4.69) is 10.4 Å². The molecular weight excluding hydrogens is 454 g/mol. The van der Waals surface area contributed by atoms with Crippen LogP contribution in [0, 0.1) is 0 Å². The Labute approximate surface area is 200 Å². The van der Waals surface area contributed by atoms with Crippen molar-refractivity contribution < 1.29 is 23.8 Å². The van der Waals surface area contributed by atoms with E-state index in [0.717, 1.165) is 16.1 Å². The van der Waals surface area contributed by atoms with Gasteiger partial charge in [0.25, 0.3) is 0 Å². The molecule has 34 heavy (non-hydrogen) atoms. The van der Waals surface area contributed by atoms with Crippen LogP contribution < -0.4 is 14.8 Å². The van der Waals surface area contributed by atoms with Crippen molar-refractivity contribution in [2.24, 2.45) is 0 Å². The van der Waals surface area contributed by atoms with Gasteiger partial charge in [-0.25, -0.2) is 9.48 Å². The summed E-state index contributed by atoms with van der Waals surface area (Å²) < 4.78 is 17.9. The van der Waals surface area contributed by atoms with E-state index in [9.17, 15) is 9.59 Å². The van der Waals surface area contributed by atoms with Gasteiger partial charge in [0.1, 0.15) is 6.61 Å². The van der Waals surface area contributed by atoms with Gasteiger partial charge in [-0.1, -0.05) is 24.3 Å². The van der Waals surface area contributed by atoms with Crippen LogP contribution in [0.15, 0.2) is 72.4 Å². The molecule has 0 spiro atoms. The van der Waals surface area contributed by atoms with E-state index >= 15 is 0 Å². The van der Waals surface area contributed by atoms with Crippen LogP contribution >= 0.6 is 11.3 Å². The zero-order chi connectivity index (χ0) is 23.9. The number of hydrogen-bond donors (Lipinski definition) is 1. The Kier molecular flexibility index (Phi) is 7.24. The number of anilines is 1. The highest BCUT2D eigenvalue weighted by atomic mass is 32.1. The van der Waals surface area contributed by atoms with E-state index < -0.39 is 5.97 Å². The monoisotopic (exact) mass is 477 g/mol. The molecule has 1 amide bonds. The molecule has 0 aliphatic carbocycles. The lowest BCUT2D eigenvalue weighted by atomic mass is 10.1. The summed E-state index contributed by atoms with van der Waals surface area (Å²) >= 11 is 1.49. The van der Waals surface area contributed by atoms with Crippen LogP contribution in [0.1, 0.15) is 20.8 Å². The van der Waals surface area contributed by atoms with Gasteiger partial charge in [0.15, 0.2) is 11.5 Å². The largest absolute Gasteiger partial charge is 0.493 e. The Hall–Kier alpha value is -4.11. The lowest BCUT2D eigenvalue weighted by molar-refractivity contribution is -0.115. The van der Waals surface area contributed by atoms with Gasteiger partial charge in [0.05, 0.1) is 43.8 Å². The third kappa shape index (κ3) is 5.44. The van der Waals surface area contributed by atoms with Gasteiger partial charge in [0.2, 0.25) is 5.91 Å². The first kappa shape index (κ1) is 23.1. The van der Waals surface area contributed by atoms with Crippen molar-refractivity contribution in [2.75, 3.05) is 19.5 Å². The molecule has 0 unspecified atom stereocenters. The first-order valence-corrected chi connectivity index (χ1v) is 11.3. The summed E-state index contributed by atoms with van der Waals surface area (Å²) in [5, 5.41) is 9.01. The van der Waals surface area contributed by atoms with Gasteiger partial charge in [-0.05, 0) is 23.6 Å². The number of rotatable bonds is 9. The molecule has 0 atom stereocenters. The van der Waals surface area contributed by atoms with Crippen molar-refractivity contribution >= 4 is 28.9 Å². The summed E-state index contributed by atoms with van der Waals surface area (Å²) in [6, 6.07) is 16.4. The Balaban J connectivity index is 1.51. The summed E-state index contributed by atoms with van der Waals surface area (Å²) in [6.07, 6.45) is 3.62. The van der Waals surface area contributed by atoms with Crippen molar-refractivity contribution in [3.8, 4) is 17.2 Å². The van der Waals surface area contributed by atoms with Crippen molar-refractivity contribution in [2.45, 2.75) is 13.0 Å². The second-order valence-corrected chi connectivity index (χ2v) is 8.29. The van der Waals surface area contributed by atoms with E-state index in [4.69, 9.17) is 14.2 Å². The highest BCUT2D eigenvalue weighted by molar-refractivity contribution is 7.10. The fraction of sp³-hybridized carbons (Fsp3) is 0.160. The number of carbonyl (C=O) groups excluding carboxylic acids is 2. The number of carbonyl (C=O) groups is 2. The maximum Gasteiger partial charge on any atom is 0.340 e. The molecule has 174 valence electrons. The van der Waals surface area contributed by atoms with Crippen molar-refractivity contribution in [3.05, 3.63) is 88.4 Å². The summed E-state index contributed by atoms with van der Waals surface area (Å²) in [5.74, 6) is -0.134. The van der Waals surface area contributed by atoms with E-state index in [1.165, 1.54) is 31.6 Å². The number of methoxy groups -OCH3 is 2. The smallest absolute Gasteiger partial charge is 0.340 e. The third-order valence-corrected chi connectivity index (χ3v) is 5.84. The van der Waals surface area contributed by atoms with Crippen molar-refractivity contribution in [3.63, 3.8) is 0 Å². The molecule has 2 aromatic carbocycles. The molecular formula is C25H23N3O5S. The van der Waals surface area contributed by atoms with Crippen LogP contribution in [0.3, 0.4) is 0 Å². The Morgan fingerprint density at radius 3 is 2.50 bits per heavy atom. The number of esters is 1. The Morgan fingerprint density at radius 2 is 1.79 bits per heavy atom. The lowest BCUT2D eigenvalue weighted by Gasteiger charge is -2.15. The fourth-order valence-corrected chi connectivity index (χ4v) is 4.00. The molecule has 0 radical (unpaired) electrons. The fourth-order valence-electron chi connectivity index (χ4n) is 3.30. The number of nitrogens with one attached hydrogen (secondary N) is 1. The normalized spacial score (nSPS) is 10.5. The Morgan fingerprint density at radius 1 is 1.03 bits per heavy atom. The number of benzene rings is 2. The first-order chi connectivity index (χ1) is 16.6. The number of thiophene rings is 1. The lowest BCUT2D eigenvalue weighted by Crippen LogP contribution is -2.17. The molecule has 4 rings (SSSR count). The zero-order valence-corrected chi connectivity index (χ0v) is 19.5. The van der Waals surface area contributed by atoms with Crippen molar-refractivity contribution in [1.29, 1.82) is 0 Å². The quantitative estimate of drug-likeness (QED) is 0.357. The number of para-hydroxylation sites is 1. The van der Waals surface area contributed by atoms with E-state index in [0.29, 0.717) is 11.5 Å². The van der Waals surface area contributed by atoms with Gasteiger partial charge < -0.3 is 19.5 Å². The SMILES string of the molecule is COc1cc(NC(=O)Cc2cccs2)c(C(=O)OCc2cnn(-c3ccccc3)c2)cc1OC. The average molecular weight is 478 g/mol. The Bertz CT molecular complexity index is 1270. The topological polar surface area (TPSA) is 91.7 Å². The van der Waals surface area contributed by atoms with E-state index in [1.54, 1.807) is 23.1 Å². The summed E-state index contributed by atoms with van der Waals surface area (Å²) in [6.45, 7) is 0.0165. The maximum atomic E-state index is 13.0. The highest BCUT2D eigenvalue weighted by Crippen LogP contribution is 2.34. The molecule has 8 nitrogen and oxygen atoms in total. The predicted molar refractivity (Wildman–Crippen MR) is 129 cm³/mol. The maximum absolute atomic E-state index is 13.0. The number of amides is 1. The minimum absolute atomic E-state index is 0.0165.